The van der Waals surface area contributed by atoms with Gasteiger partial charge in [-0.15, -0.1) is 0 Å². The molecule has 3 nitrogen and oxygen atoms in total. The minimum Gasteiger partial charge on any atom is -0.331 e. The first-order valence-corrected chi connectivity index (χ1v) is 3.96. The van der Waals surface area contributed by atoms with Gasteiger partial charge in [-0.2, -0.15) is 0 Å². The fourth-order valence-electron chi connectivity index (χ4n) is 1.14. The summed E-state index contributed by atoms with van der Waals surface area (Å²) in [7, 11) is 0. The second kappa shape index (κ2) is 3.23. The molecule has 0 radical (unpaired) electrons. The molecule has 0 saturated carbocycles. The standard InChI is InChI=1S/C8H14FN3/c1-8(2,9)7-11-4-6-12(7)5-3-10/h4,6H,3,5,10H2,1-2H3. The van der Waals surface area contributed by atoms with Gasteiger partial charge in [0, 0.05) is 25.5 Å². The summed E-state index contributed by atoms with van der Waals surface area (Å²) in [5.74, 6) is 0.438. The van der Waals surface area contributed by atoms with Crippen molar-refractivity contribution in [1.29, 1.82) is 0 Å². The number of nitrogens with zero attached hydrogens (tertiary/aromatic N) is 2. The Labute approximate surface area is 71.4 Å². The zero-order chi connectivity index (χ0) is 9.19. The van der Waals surface area contributed by atoms with Crippen LogP contribution in [0.3, 0.4) is 0 Å². The summed E-state index contributed by atoms with van der Waals surface area (Å²) in [5.41, 5.74) is 3.97. The SMILES string of the molecule is CC(C)(F)c1nccn1CCN. The summed E-state index contributed by atoms with van der Waals surface area (Å²) in [6.45, 7) is 4.09. The number of halogens is 1. The summed E-state index contributed by atoms with van der Waals surface area (Å²) < 4.78 is 15.2. The first-order chi connectivity index (χ1) is 5.55. The van der Waals surface area contributed by atoms with Crippen molar-refractivity contribution >= 4 is 0 Å². The van der Waals surface area contributed by atoms with Gasteiger partial charge in [0.15, 0.2) is 5.67 Å². The molecule has 0 fully saturated rings. The lowest BCUT2D eigenvalue weighted by molar-refractivity contribution is 0.199. The van der Waals surface area contributed by atoms with E-state index in [2.05, 4.69) is 4.98 Å². The Morgan fingerprint density at radius 3 is 2.83 bits per heavy atom. The zero-order valence-electron chi connectivity index (χ0n) is 7.42. The molecule has 0 aliphatic rings. The number of aromatic nitrogens is 2. The second-order valence-corrected chi connectivity index (χ2v) is 3.21. The van der Waals surface area contributed by atoms with Crippen LogP contribution >= 0.6 is 0 Å². The molecular weight excluding hydrogens is 157 g/mol. The first kappa shape index (κ1) is 9.19. The highest BCUT2D eigenvalue weighted by atomic mass is 19.1. The lowest BCUT2D eigenvalue weighted by atomic mass is 10.1. The number of imidazole rings is 1. The Morgan fingerprint density at radius 2 is 2.33 bits per heavy atom. The number of alkyl halides is 1. The smallest absolute Gasteiger partial charge is 0.162 e. The molecule has 0 aromatic carbocycles. The second-order valence-electron chi connectivity index (χ2n) is 3.21. The molecule has 0 spiro atoms. The van der Waals surface area contributed by atoms with Crippen LogP contribution < -0.4 is 5.73 Å². The molecule has 2 N–H and O–H groups in total. The highest BCUT2D eigenvalue weighted by molar-refractivity contribution is 5.01. The topological polar surface area (TPSA) is 43.8 Å². The van der Waals surface area contributed by atoms with E-state index in [-0.39, 0.29) is 0 Å². The van der Waals surface area contributed by atoms with E-state index >= 15 is 0 Å². The van der Waals surface area contributed by atoms with Crippen molar-refractivity contribution in [3.8, 4) is 0 Å². The monoisotopic (exact) mass is 171 g/mol. The summed E-state index contributed by atoms with van der Waals surface area (Å²) in [6.07, 6.45) is 3.33. The Kier molecular flexibility index (Phi) is 2.47. The van der Waals surface area contributed by atoms with Crippen molar-refractivity contribution in [3.63, 3.8) is 0 Å². The van der Waals surface area contributed by atoms with Crippen LogP contribution in [0.5, 0.6) is 0 Å². The van der Waals surface area contributed by atoms with E-state index in [0.29, 0.717) is 18.9 Å². The average molecular weight is 171 g/mol. The predicted octanol–water partition coefficient (Wildman–Crippen LogP) is 1.05. The predicted molar refractivity (Wildman–Crippen MR) is 45.4 cm³/mol. The van der Waals surface area contributed by atoms with E-state index in [4.69, 9.17) is 5.73 Å². The third-order valence-corrected chi connectivity index (χ3v) is 1.62. The number of rotatable bonds is 3. The third-order valence-electron chi connectivity index (χ3n) is 1.62. The maximum atomic E-state index is 13.4. The Morgan fingerprint density at radius 1 is 1.67 bits per heavy atom. The van der Waals surface area contributed by atoms with Crippen LogP contribution in [-0.4, -0.2) is 16.1 Å². The normalized spacial score (nSPS) is 12.0. The van der Waals surface area contributed by atoms with Crippen LogP contribution in [0, 0.1) is 0 Å². The highest BCUT2D eigenvalue weighted by Gasteiger charge is 2.23. The van der Waals surface area contributed by atoms with Crippen molar-refractivity contribution in [1.82, 2.24) is 9.55 Å². The van der Waals surface area contributed by atoms with Gasteiger partial charge in [0.05, 0.1) is 0 Å². The Hall–Kier alpha value is -0.900. The molecule has 0 aliphatic carbocycles. The van der Waals surface area contributed by atoms with Crippen LogP contribution in [0.25, 0.3) is 0 Å². The number of hydrogen-bond acceptors (Lipinski definition) is 2. The lowest BCUT2D eigenvalue weighted by Gasteiger charge is -2.15. The molecule has 68 valence electrons. The molecule has 1 heterocycles. The quantitative estimate of drug-likeness (QED) is 0.738. The fraction of sp³-hybridized carbons (Fsp3) is 0.625. The van der Waals surface area contributed by atoms with Crippen molar-refractivity contribution in [2.45, 2.75) is 26.1 Å². The summed E-state index contributed by atoms with van der Waals surface area (Å²) in [6, 6.07) is 0. The summed E-state index contributed by atoms with van der Waals surface area (Å²) in [5, 5.41) is 0. The van der Waals surface area contributed by atoms with Crippen LogP contribution in [0.1, 0.15) is 19.7 Å². The van der Waals surface area contributed by atoms with Crippen molar-refractivity contribution in [3.05, 3.63) is 18.2 Å². The summed E-state index contributed by atoms with van der Waals surface area (Å²) in [4.78, 5) is 3.94. The summed E-state index contributed by atoms with van der Waals surface area (Å²) >= 11 is 0. The van der Waals surface area contributed by atoms with Crippen LogP contribution in [0.4, 0.5) is 4.39 Å². The van der Waals surface area contributed by atoms with E-state index in [1.807, 2.05) is 0 Å². The molecule has 12 heavy (non-hydrogen) atoms. The molecule has 0 unspecified atom stereocenters. The van der Waals surface area contributed by atoms with Gasteiger partial charge >= 0.3 is 0 Å². The third kappa shape index (κ3) is 1.82. The largest absolute Gasteiger partial charge is 0.331 e. The fourth-order valence-corrected chi connectivity index (χ4v) is 1.14. The van der Waals surface area contributed by atoms with Crippen molar-refractivity contribution < 1.29 is 4.39 Å². The Bertz CT molecular complexity index is 249. The zero-order valence-corrected chi connectivity index (χ0v) is 7.42. The van der Waals surface area contributed by atoms with Gasteiger partial charge in [-0.1, -0.05) is 0 Å². The number of hydrogen-bond donors (Lipinski definition) is 1. The van der Waals surface area contributed by atoms with Crippen LogP contribution in [-0.2, 0) is 12.2 Å². The highest BCUT2D eigenvalue weighted by Crippen LogP contribution is 2.22. The van der Waals surface area contributed by atoms with E-state index in [9.17, 15) is 4.39 Å². The van der Waals surface area contributed by atoms with Crippen LogP contribution in [0.15, 0.2) is 12.4 Å². The maximum Gasteiger partial charge on any atom is 0.162 e. The maximum absolute atomic E-state index is 13.4. The van der Waals surface area contributed by atoms with E-state index in [0.717, 1.165) is 0 Å². The molecule has 0 bridgehead atoms. The van der Waals surface area contributed by atoms with Crippen LogP contribution in [0.2, 0.25) is 0 Å². The molecule has 0 aliphatic heterocycles. The molecule has 0 saturated heterocycles. The van der Waals surface area contributed by atoms with Gasteiger partial charge in [0.25, 0.3) is 0 Å². The van der Waals surface area contributed by atoms with Gasteiger partial charge in [0.1, 0.15) is 5.82 Å². The Balaban J connectivity index is 2.91. The average Bonchev–Trinajstić information content (AvgIpc) is 2.34. The molecule has 0 atom stereocenters. The van der Waals surface area contributed by atoms with Gasteiger partial charge < -0.3 is 10.3 Å². The molecule has 1 aromatic heterocycles. The van der Waals surface area contributed by atoms with Gasteiger partial charge in [0.2, 0.25) is 0 Å². The lowest BCUT2D eigenvalue weighted by Crippen LogP contribution is -2.20. The van der Waals surface area contributed by atoms with Gasteiger partial charge in [-0.05, 0) is 13.8 Å². The molecule has 1 aromatic rings. The van der Waals surface area contributed by atoms with E-state index in [1.54, 1.807) is 17.0 Å². The van der Waals surface area contributed by atoms with E-state index in [1.165, 1.54) is 13.8 Å². The molecule has 0 amide bonds. The van der Waals surface area contributed by atoms with E-state index < -0.39 is 5.67 Å². The molecular formula is C8H14FN3. The minimum absolute atomic E-state index is 0.438. The van der Waals surface area contributed by atoms with Crippen molar-refractivity contribution in [2.24, 2.45) is 5.73 Å². The van der Waals surface area contributed by atoms with Gasteiger partial charge in [-0.25, -0.2) is 9.37 Å². The first-order valence-electron chi connectivity index (χ1n) is 3.96. The van der Waals surface area contributed by atoms with Crippen molar-refractivity contribution in [2.75, 3.05) is 6.54 Å². The number of nitrogens with two attached hydrogens (primary N) is 1. The molecule has 4 heteroatoms. The molecule has 1 rings (SSSR count). The van der Waals surface area contributed by atoms with Gasteiger partial charge in [-0.3, -0.25) is 0 Å². The minimum atomic E-state index is -1.39.